The lowest BCUT2D eigenvalue weighted by Crippen LogP contribution is -2.07. The summed E-state index contributed by atoms with van der Waals surface area (Å²) in [6, 6.07) is 24.8. The van der Waals surface area contributed by atoms with Gasteiger partial charge in [0.25, 0.3) is 0 Å². The molecule has 29 heavy (non-hydrogen) atoms. The Morgan fingerprint density at radius 3 is 1.38 bits per heavy atom. The molecule has 144 valence electrons. The van der Waals surface area contributed by atoms with Crippen LogP contribution in [0.3, 0.4) is 0 Å². The lowest BCUT2D eigenvalue weighted by molar-refractivity contribution is 0.627. The first-order valence-corrected chi connectivity index (χ1v) is 9.31. The van der Waals surface area contributed by atoms with Gasteiger partial charge in [0.1, 0.15) is 11.6 Å². The highest BCUT2D eigenvalue weighted by atomic mass is 19.1. The van der Waals surface area contributed by atoms with Crippen LogP contribution in [0.15, 0.2) is 84.9 Å². The fourth-order valence-electron chi connectivity index (χ4n) is 3.19. The third-order valence-corrected chi connectivity index (χ3v) is 4.82. The zero-order chi connectivity index (χ0) is 20.4. The first-order chi connectivity index (χ1) is 14.0. The highest BCUT2D eigenvalue weighted by Crippen LogP contribution is 2.31. The van der Waals surface area contributed by atoms with Crippen LogP contribution in [0, 0.1) is 11.6 Å². The monoisotopic (exact) mass is 386 g/mol. The predicted molar refractivity (Wildman–Crippen MR) is 115 cm³/mol. The van der Waals surface area contributed by atoms with Gasteiger partial charge in [-0.25, -0.2) is 13.8 Å². The molecule has 3 aromatic carbocycles. The molecule has 1 heterocycles. The summed E-state index contributed by atoms with van der Waals surface area (Å²) in [5.41, 5.74) is 6.26. The number of rotatable bonds is 4. The van der Waals surface area contributed by atoms with E-state index in [0.717, 1.165) is 39.3 Å². The van der Waals surface area contributed by atoms with Gasteiger partial charge in [-0.1, -0.05) is 12.1 Å². The largest absolute Gasteiger partial charge is 0.378 e. The SMILES string of the molecule is CN(C)c1ccc(-c2cc(-c3ccc(F)cc3)nc(-c3ccc(F)cc3)c2)cc1. The van der Waals surface area contributed by atoms with E-state index in [1.807, 2.05) is 31.1 Å². The van der Waals surface area contributed by atoms with Gasteiger partial charge in [-0.2, -0.15) is 0 Å². The van der Waals surface area contributed by atoms with E-state index in [-0.39, 0.29) is 11.6 Å². The summed E-state index contributed by atoms with van der Waals surface area (Å²) in [7, 11) is 4.00. The molecule has 2 nitrogen and oxygen atoms in total. The van der Waals surface area contributed by atoms with Crippen molar-refractivity contribution in [2.24, 2.45) is 0 Å². The molecule has 0 spiro atoms. The van der Waals surface area contributed by atoms with Crippen molar-refractivity contribution in [1.29, 1.82) is 0 Å². The summed E-state index contributed by atoms with van der Waals surface area (Å²) >= 11 is 0. The molecule has 0 aliphatic carbocycles. The van der Waals surface area contributed by atoms with Crippen molar-refractivity contribution in [2.45, 2.75) is 0 Å². The Hall–Kier alpha value is -3.53. The second-order valence-electron chi connectivity index (χ2n) is 7.08. The van der Waals surface area contributed by atoms with E-state index >= 15 is 0 Å². The number of pyridine rings is 1. The lowest BCUT2D eigenvalue weighted by Gasteiger charge is -2.14. The molecule has 0 atom stereocenters. The Balaban J connectivity index is 1.85. The third-order valence-electron chi connectivity index (χ3n) is 4.82. The molecule has 0 amide bonds. The maximum absolute atomic E-state index is 13.4. The van der Waals surface area contributed by atoms with Crippen molar-refractivity contribution in [3.05, 3.63) is 96.6 Å². The molecule has 0 aliphatic rings. The zero-order valence-corrected chi connectivity index (χ0v) is 16.2. The van der Waals surface area contributed by atoms with E-state index in [0.29, 0.717) is 0 Å². The highest BCUT2D eigenvalue weighted by Gasteiger charge is 2.10. The van der Waals surface area contributed by atoms with Crippen LogP contribution in [0.5, 0.6) is 0 Å². The van der Waals surface area contributed by atoms with Crippen molar-refractivity contribution in [2.75, 3.05) is 19.0 Å². The minimum Gasteiger partial charge on any atom is -0.378 e. The Morgan fingerprint density at radius 1 is 0.552 bits per heavy atom. The molecular weight excluding hydrogens is 366 g/mol. The average Bonchev–Trinajstić information content (AvgIpc) is 2.74. The summed E-state index contributed by atoms with van der Waals surface area (Å²) in [6.07, 6.45) is 0. The van der Waals surface area contributed by atoms with Gasteiger partial charge in [0, 0.05) is 30.9 Å². The Labute approximate surface area is 169 Å². The predicted octanol–water partition coefficient (Wildman–Crippen LogP) is 6.43. The number of nitrogens with zero attached hydrogens (tertiary/aromatic N) is 2. The number of hydrogen-bond donors (Lipinski definition) is 0. The van der Waals surface area contributed by atoms with E-state index in [1.54, 1.807) is 24.3 Å². The van der Waals surface area contributed by atoms with Gasteiger partial charge in [0.05, 0.1) is 11.4 Å². The van der Waals surface area contributed by atoms with Crippen LogP contribution in [0.2, 0.25) is 0 Å². The summed E-state index contributed by atoms with van der Waals surface area (Å²) in [5, 5.41) is 0. The Morgan fingerprint density at radius 2 is 0.966 bits per heavy atom. The van der Waals surface area contributed by atoms with Crippen LogP contribution >= 0.6 is 0 Å². The summed E-state index contributed by atoms with van der Waals surface area (Å²) in [4.78, 5) is 6.80. The van der Waals surface area contributed by atoms with E-state index in [4.69, 9.17) is 4.98 Å². The molecule has 4 rings (SSSR count). The molecule has 0 saturated carbocycles. The second-order valence-corrected chi connectivity index (χ2v) is 7.08. The van der Waals surface area contributed by atoms with Gasteiger partial charge in [0.2, 0.25) is 0 Å². The normalized spacial score (nSPS) is 10.8. The van der Waals surface area contributed by atoms with Crippen LogP contribution in [0.4, 0.5) is 14.5 Å². The Kier molecular flexibility index (Phi) is 5.09. The van der Waals surface area contributed by atoms with Crippen LogP contribution in [0.1, 0.15) is 0 Å². The summed E-state index contributed by atoms with van der Waals surface area (Å²) in [5.74, 6) is -0.578. The van der Waals surface area contributed by atoms with Crippen LogP contribution < -0.4 is 4.90 Å². The molecular formula is C25H20F2N2. The van der Waals surface area contributed by atoms with Crippen molar-refractivity contribution in [1.82, 2.24) is 4.98 Å². The van der Waals surface area contributed by atoms with Gasteiger partial charge >= 0.3 is 0 Å². The Bertz CT molecular complexity index is 1050. The number of hydrogen-bond acceptors (Lipinski definition) is 2. The van der Waals surface area contributed by atoms with Crippen molar-refractivity contribution in [3.8, 4) is 33.6 Å². The van der Waals surface area contributed by atoms with Gasteiger partial charge in [-0.15, -0.1) is 0 Å². The first kappa shape index (κ1) is 18.8. The third kappa shape index (κ3) is 4.16. The van der Waals surface area contributed by atoms with E-state index in [1.165, 1.54) is 24.3 Å². The minimum absolute atomic E-state index is 0.289. The number of benzene rings is 3. The van der Waals surface area contributed by atoms with Crippen molar-refractivity contribution >= 4 is 5.69 Å². The molecule has 0 fully saturated rings. The van der Waals surface area contributed by atoms with E-state index in [2.05, 4.69) is 24.3 Å². The maximum atomic E-state index is 13.4. The zero-order valence-electron chi connectivity index (χ0n) is 16.2. The fourth-order valence-corrected chi connectivity index (χ4v) is 3.19. The number of anilines is 1. The molecule has 4 heteroatoms. The summed E-state index contributed by atoms with van der Waals surface area (Å²) in [6.45, 7) is 0. The van der Waals surface area contributed by atoms with Crippen molar-refractivity contribution < 1.29 is 8.78 Å². The quantitative estimate of drug-likeness (QED) is 0.402. The van der Waals surface area contributed by atoms with Gasteiger partial charge < -0.3 is 4.90 Å². The van der Waals surface area contributed by atoms with E-state index in [9.17, 15) is 8.78 Å². The minimum atomic E-state index is -0.289. The first-order valence-electron chi connectivity index (χ1n) is 9.31. The second kappa shape index (κ2) is 7.84. The number of aromatic nitrogens is 1. The lowest BCUT2D eigenvalue weighted by atomic mass is 9.99. The van der Waals surface area contributed by atoms with Crippen LogP contribution in [-0.4, -0.2) is 19.1 Å². The fraction of sp³-hybridized carbons (Fsp3) is 0.0800. The number of halogens is 2. The molecule has 0 saturated heterocycles. The average molecular weight is 386 g/mol. The van der Waals surface area contributed by atoms with Gasteiger partial charge in [-0.05, 0) is 83.9 Å². The molecule has 4 aromatic rings. The highest BCUT2D eigenvalue weighted by molar-refractivity contribution is 5.77. The standard InChI is InChI=1S/C25H20F2N2/c1-29(2)23-13-7-17(8-14-23)20-15-24(18-3-9-21(26)10-4-18)28-25(16-20)19-5-11-22(27)12-6-19/h3-16H,1-2H3. The summed E-state index contributed by atoms with van der Waals surface area (Å²) < 4.78 is 26.7. The topological polar surface area (TPSA) is 16.1 Å². The molecule has 0 radical (unpaired) electrons. The van der Waals surface area contributed by atoms with Crippen molar-refractivity contribution in [3.63, 3.8) is 0 Å². The maximum Gasteiger partial charge on any atom is 0.123 e. The molecule has 0 aliphatic heterocycles. The smallest absolute Gasteiger partial charge is 0.123 e. The molecule has 0 N–H and O–H groups in total. The van der Waals surface area contributed by atoms with Crippen LogP contribution in [0.25, 0.3) is 33.6 Å². The molecule has 0 bridgehead atoms. The van der Waals surface area contributed by atoms with Crippen LogP contribution in [-0.2, 0) is 0 Å². The van der Waals surface area contributed by atoms with E-state index < -0.39 is 0 Å². The van der Waals surface area contributed by atoms with Gasteiger partial charge in [0.15, 0.2) is 0 Å². The molecule has 1 aromatic heterocycles. The molecule has 0 unspecified atom stereocenters. The van der Waals surface area contributed by atoms with Gasteiger partial charge in [-0.3, -0.25) is 0 Å².